The molecule has 0 aliphatic heterocycles. The van der Waals surface area contributed by atoms with E-state index in [9.17, 15) is 9.59 Å². The van der Waals surface area contributed by atoms with E-state index in [1.807, 2.05) is 31.2 Å². The Morgan fingerprint density at radius 3 is 2.56 bits per heavy atom. The minimum absolute atomic E-state index is 0.158. The Balaban J connectivity index is 1.89. The topological polar surface area (TPSA) is 80.3 Å². The number of esters is 1. The molecule has 0 saturated carbocycles. The van der Waals surface area contributed by atoms with Crippen molar-refractivity contribution in [2.24, 2.45) is 0 Å². The number of amides is 1. The minimum Gasteiger partial charge on any atom is -0.452 e. The third-order valence-corrected chi connectivity index (χ3v) is 4.85. The number of hydrogen-bond donors (Lipinski definition) is 2. The number of anilines is 1. The lowest BCUT2D eigenvalue weighted by Gasteiger charge is -2.15. The van der Waals surface area contributed by atoms with E-state index in [1.54, 1.807) is 14.0 Å². The molecule has 0 aliphatic rings. The van der Waals surface area contributed by atoms with E-state index < -0.39 is 5.97 Å². The van der Waals surface area contributed by atoms with Gasteiger partial charge in [0.1, 0.15) is 10.6 Å². The van der Waals surface area contributed by atoms with Crippen LogP contribution in [0.2, 0.25) is 0 Å². The van der Waals surface area contributed by atoms with Gasteiger partial charge in [-0.2, -0.15) is 4.37 Å². The molecular formula is C18H23N3O3S. The highest BCUT2D eigenvalue weighted by Gasteiger charge is 2.20. The number of aromatic nitrogens is 1. The summed E-state index contributed by atoms with van der Waals surface area (Å²) in [5.41, 5.74) is 3.22. The molecule has 1 unspecified atom stereocenters. The molecule has 1 amide bonds. The number of nitrogens with one attached hydrogen (secondary N) is 2. The summed E-state index contributed by atoms with van der Waals surface area (Å²) in [6.45, 7) is 5.40. The van der Waals surface area contributed by atoms with Gasteiger partial charge in [0.25, 0.3) is 5.91 Å². The van der Waals surface area contributed by atoms with Crippen molar-refractivity contribution >= 4 is 28.4 Å². The molecule has 0 radical (unpaired) electrons. The van der Waals surface area contributed by atoms with Gasteiger partial charge in [-0.25, -0.2) is 4.79 Å². The Bertz CT molecular complexity index is 741. The standard InChI is InChI=1S/C18H23N3O3S/c1-5-13-6-8-14(9-7-13)11(2)20-15(22)10-24-18(23)16-12(3)21-25-17(16)19-4/h6-9,11,19H,5,10H2,1-4H3,(H,20,22). The first-order valence-electron chi connectivity index (χ1n) is 8.15. The van der Waals surface area contributed by atoms with E-state index in [0.29, 0.717) is 16.3 Å². The summed E-state index contributed by atoms with van der Waals surface area (Å²) >= 11 is 1.19. The molecule has 1 atom stereocenters. The average Bonchev–Trinajstić information content (AvgIpc) is 3.00. The number of nitrogens with zero attached hydrogens (tertiary/aromatic N) is 1. The molecule has 1 aromatic heterocycles. The fraction of sp³-hybridized carbons (Fsp3) is 0.389. The van der Waals surface area contributed by atoms with E-state index in [2.05, 4.69) is 21.9 Å². The quantitative estimate of drug-likeness (QED) is 0.741. The molecule has 1 heterocycles. The van der Waals surface area contributed by atoms with E-state index >= 15 is 0 Å². The number of rotatable bonds is 7. The zero-order valence-electron chi connectivity index (χ0n) is 14.9. The van der Waals surface area contributed by atoms with Crippen LogP contribution in [0.1, 0.15) is 47.1 Å². The van der Waals surface area contributed by atoms with E-state index in [1.165, 1.54) is 17.1 Å². The SMILES string of the molecule is CCc1ccc(C(C)NC(=O)COC(=O)c2c(C)nsc2NC)cc1. The Hall–Kier alpha value is -2.41. The summed E-state index contributed by atoms with van der Waals surface area (Å²) in [7, 11) is 1.71. The summed E-state index contributed by atoms with van der Waals surface area (Å²) in [6.07, 6.45) is 0.975. The summed E-state index contributed by atoms with van der Waals surface area (Å²) in [4.78, 5) is 24.2. The molecule has 6 nitrogen and oxygen atoms in total. The van der Waals surface area contributed by atoms with Crippen LogP contribution in [0.4, 0.5) is 5.00 Å². The van der Waals surface area contributed by atoms with Crippen LogP contribution in [0.25, 0.3) is 0 Å². The van der Waals surface area contributed by atoms with Gasteiger partial charge >= 0.3 is 5.97 Å². The molecule has 0 fully saturated rings. The Labute approximate surface area is 151 Å². The lowest BCUT2D eigenvalue weighted by molar-refractivity contribution is -0.124. The molecule has 2 aromatic rings. The average molecular weight is 361 g/mol. The molecule has 0 bridgehead atoms. The molecule has 0 aliphatic carbocycles. The minimum atomic E-state index is -0.550. The van der Waals surface area contributed by atoms with E-state index in [4.69, 9.17) is 4.74 Å². The Kier molecular flexibility index (Phi) is 6.52. The zero-order valence-corrected chi connectivity index (χ0v) is 15.7. The first kappa shape index (κ1) is 18.9. The Morgan fingerprint density at radius 2 is 1.96 bits per heavy atom. The second-order valence-corrected chi connectivity index (χ2v) is 6.46. The van der Waals surface area contributed by atoms with Gasteiger partial charge in [-0.05, 0) is 42.9 Å². The van der Waals surface area contributed by atoms with Gasteiger partial charge in [-0.3, -0.25) is 4.79 Å². The lowest BCUT2D eigenvalue weighted by Crippen LogP contribution is -2.31. The van der Waals surface area contributed by atoms with Crippen molar-refractivity contribution in [3.8, 4) is 0 Å². The number of carbonyl (C=O) groups excluding carboxylic acids is 2. The number of aryl methyl sites for hydroxylation is 2. The first-order chi connectivity index (χ1) is 12.0. The van der Waals surface area contributed by atoms with Crippen LogP contribution < -0.4 is 10.6 Å². The first-order valence-corrected chi connectivity index (χ1v) is 8.93. The summed E-state index contributed by atoms with van der Waals surface area (Å²) in [5, 5.41) is 6.37. The number of hydrogen-bond acceptors (Lipinski definition) is 6. The fourth-order valence-corrected chi connectivity index (χ4v) is 3.13. The maximum Gasteiger partial charge on any atom is 0.343 e. The molecule has 0 saturated heterocycles. The molecular weight excluding hydrogens is 338 g/mol. The van der Waals surface area contributed by atoms with Crippen LogP contribution in [0.15, 0.2) is 24.3 Å². The van der Waals surface area contributed by atoms with Gasteiger partial charge in [0.2, 0.25) is 0 Å². The lowest BCUT2D eigenvalue weighted by atomic mass is 10.1. The van der Waals surface area contributed by atoms with Gasteiger partial charge in [-0.1, -0.05) is 31.2 Å². The van der Waals surface area contributed by atoms with Crippen LogP contribution in [0.3, 0.4) is 0 Å². The summed E-state index contributed by atoms with van der Waals surface area (Å²) in [5.74, 6) is -0.891. The third kappa shape index (κ3) is 4.79. The van der Waals surface area contributed by atoms with Gasteiger partial charge < -0.3 is 15.4 Å². The highest BCUT2D eigenvalue weighted by molar-refractivity contribution is 7.10. The second-order valence-electron chi connectivity index (χ2n) is 5.68. The number of ether oxygens (including phenoxy) is 1. The normalized spacial score (nSPS) is 11.7. The zero-order chi connectivity index (χ0) is 18.4. The van der Waals surface area contributed by atoms with Crippen LogP contribution in [0.5, 0.6) is 0 Å². The van der Waals surface area contributed by atoms with Crippen LogP contribution in [-0.2, 0) is 16.0 Å². The second kappa shape index (κ2) is 8.62. The van der Waals surface area contributed by atoms with Crippen molar-refractivity contribution in [1.29, 1.82) is 0 Å². The van der Waals surface area contributed by atoms with Crippen molar-refractivity contribution in [3.05, 3.63) is 46.6 Å². The van der Waals surface area contributed by atoms with Gasteiger partial charge in [0.15, 0.2) is 6.61 Å². The van der Waals surface area contributed by atoms with Gasteiger partial charge in [0, 0.05) is 7.05 Å². The highest BCUT2D eigenvalue weighted by atomic mass is 32.1. The largest absolute Gasteiger partial charge is 0.452 e. The van der Waals surface area contributed by atoms with E-state index in [-0.39, 0.29) is 18.6 Å². The van der Waals surface area contributed by atoms with Crippen molar-refractivity contribution in [2.45, 2.75) is 33.2 Å². The number of benzene rings is 1. The Morgan fingerprint density at radius 1 is 1.28 bits per heavy atom. The van der Waals surface area contributed by atoms with Crippen LogP contribution >= 0.6 is 11.5 Å². The maximum absolute atomic E-state index is 12.2. The molecule has 0 spiro atoms. The van der Waals surface area contributed by atoms with E-state index in [0.717, 1.165) is 12.0 Å². The predicted molar refractivity (Wildman–Crippen MR) is 99.1 cm³/mol. The molecule has 7 heteroatoms. The predicted octanol–water partition coefficient (Wildman–Crippen LogP) is 3.09. The van der Waals surface area contributed by atoms with Crippen molar-refractivity contribution in [2.75, 3.05) is 19.0 Å². The van der Waals surface area contributed by atoms with Gasteiger partial charge in [-0.15, -0.1) is 0 Å². The molecule has 25 heavy (non-hydrogen) atoms. The fourth-order valence-electron chi connectivity index (χ4n) is 2.39. The highest BCUT2D eigenvalue weighted by Crippen LogP contribution is 2.24. The smallest absolute Gasteiger partial charge is 0.343 e. The molecule has 1 aromatic carbocycles. The number of carbonyl (C=O) groups is 2. The van der Waals surface area contributed by atoms with Gasteiger partial charge in [0.05, 0.1) is 11.7 Å². The monoisotopic (exact) mass is 361 g/mol. The molecule has 2 rings (SSSR count). The van der Waals surface area contributed by atoms with Crippen molar-refractivity contribution in [1.82, 2.24) is 9.69 Å². The van der Waals surface area contributed by atoms with Crippen molar-refractivity contribution < 1.29 is 14.3 Å². The maximum atomic E-state index is 12.2. The molecule has 134 valence electrons. The van der Waals surface area contributed by atoms with Crippen LogP contribution in [0, 0.1) is 6.92 Å². The summed E-state index contributed by atoms with van der Waals surface area (Å²) in [6, 6.07) is 7.92. The van der Waals surface area contributed by atoms with Crippen LogP contribution in [-0.4, -0.2) is 29.9 Å². The summed E-state index contributed by atoms with van der Waals surface area (Å²) < 4.78 is 9.24. The third-order valence-electron chi connectivity index (χ3n) is 3.89. The molecule has 2 N–H and O–H groups in total. The van der Waals surface area contributed by atoms with Crippen molar-refractivity contribution in [3.63, 3.8) is 0 Å².